The summed E-state index contributed by atoms with van der Waals surface area (Å²) in [4.78, 5) is 15.6. The van der Waals surface area contributed by atoms with Gasteiger partial charge in [-0.25, -0.2) is 4.98 Å². The minimum Gasteiger partial charge on any atom is -0.438 e. The molecule has 0 aliphatic heterocycles. The Labute approximate surface area is 124 Å². The topological polar surface area (TPSA) is 77.2 Å². The summed E-state index contributed by atoms with van der Waals surface area (Å²) in [6, 6.07) is 10.6. The molecule has 110 valence electrons. The molecule has 0 aliphatic carbocycles. The molecule has 2 aromatic rings. The standard InChI is InChI=1S/C16H19N3O2/c1-2-9-18-10-12-7-8-15(19-11-12)21-14-6-4-3-5-13(14)16(17)20/h3-8,11,18H,2,9-10H2,1H3,(H2,17,20). The van der Waals surface area contributed by atoms with Gasteiger partial charge in [0.2, 0.25) is 5.88 Å². The highest BCUT2D eigenvalue weighted by molar-refractivity contribution is 5.95. The number of hydrogen-bond acceptors (Lipinski definition) is 4. The molecule has 2 rings (SSSR count). The Morgan fingerprint density at radius 3 is 2.76 bits per heavy atom. The highest BCUT2D eigenvalue weighted by Gasteiger charge is 2.09. The molecule has 0 spiro atoms. The van der Waals surface area contributed by atoms with Gasteiger partial charge in [0.25, 0.3) is 5.91 Å². The summed E-state index contributed by atoms with van der Waals surface area (Å²) in [7, 11) is 0. The summed E-state index contributed by atoms with van der Waals surface area (Å²) in [5, 5.41) is 3.30. The third-order valence-electron chi connectivity index (χ3n) is 2.92. The van der Waals surface area contributed by atoms with Gasteiger partial charge in [0, 0.05) is 18.8 Å². The van der Waals surface area contributed by atoms with Gasteiger partial charge in [-0.2, -0.15) is 0 Å². The lowest BCUT2D eigenvalue weighted by Gasteiger charge is -2.09. The average Bonchev–Trinajstić information content (AvgIpc) is 2.50. The number of primary amides is 1. The summed E-state index contributed by atoms with van der Waals surface area (Å²) in [5.74, 6) is 0.322. The third-order valence-corrected chi connectivity index (χ3v) is 2.92. The van der Waals surface area contributed by atoms with Crippen molar-refractivity contribution < 1.29 is 9.53 Å². The number of pyridine rings is 1. The van der Waals surface area contributed by atoms with E-state index in [2.05, 4.69) is 17.2 Å². The minimum atomic E-state index is -0.522. The number of carbonyl (C=O) groups excluding carboxylic acids is 1. The SMILES string of the molecule is CCCNCc1ccc(Oc2ccccc2C(N)=O)nc1. The van der Waals surface area contributed by atoms with Crippen LogP contribution in [0.2, 0.25) is 0 Å². The lowest BCUT2D eigenvalue weighted by atomic mass is 10.2. The second-order valence-electron chi connectivity index (χ2n) is 4.64. The summed E-state index contributed by atoms with van der Waals surface area (Å²) in [6.45, 7) is 3.88. The zero-order valence-electron chi connectivity index (χ0n) is 12.0. The zero-order valence-corrected chi connectivity index (χ0v) is 12.0. The molecule has 0 saturated heterocycles. The van der Waals surface area contributed by atoms with Crippen LogP contribution in [0.1, 0.15) is 29.3 Å². The maximum absolute atomic E-state index is 11.3. The predicted molar refractivity (Wildman–Crippen MR) is 81.3 cm³/mol. The smallest absolute Gasteiger partial charge is 0.252 e. The predicted octanol–water partition coefficient (Wildman–Crippen LogP) is 2.47. The fraction of sp³-hybridized carbons (Fsp3) is 0.250. The van der Waals surface area contributed by atoms with E-state index in [0.29, 0.717) is 17.2 Å². The van der Waals surface area contributed by atoms with Crippen LogP contribution in [0.3, 0.4) is 0 Å². The lowest BCUT2D eigenvalue weighted by Crippen LogP contribution is -2.14. The van der Waals surface area contributed by atoms with Crippen LogP contribution in [0.4, 0.5) is 0 Å². The minimum absolute atomic E-state index is 0.341. The maximum Gasteiger partial charge on any atom is 0.252 e. The lowest BCUT2D eigenvalue weighted by molar-refractivity contribution is 0.0998. The molecular formula is C16H19N3O2. The molecule has 3 N–H and O–H groups in total. The molecule has 1 heterocycles. The van der Waals surface area contributed by atoms with Gasteiger partial charge in [0.15, 0.2) is 0 Å². The van der Waals surface area contributed by atoms with Crippen molar-refractivity contribution in [1.29, 1.82) is 0 Å². The molecule has 0 radical (unpaired) electrons. The fourth-order valence-electron chi connectivity index (χ4n) is 1.86. The van der Waals surface area contributed by atoms with Crippen LogP contribution < -0.4 is 15.8 Å². The average molecular weight is 285 g/mol. The van der Waals surface area contributed by atoms with Crippen molar-refractivity contribution in [3.63, 3.8) is 0 Å². The molecule has 0 saturated carbocycles. The van der Waals surface area contributed by atoms with E-state index in [9.17, 15) is 4.79 Å². The number of rotatable bonds is 7. The molecule has 0 unspecified atom stereocenters. The second-order valence-corrected chi connectivity index (χ2v) is 4.64. The van der Waals surface area contributed by atoms with Crippen LogP contribution in [0.5, 0.6) is 11.6 Å². The van der Waals surface area contributed by atoms with E-state index in [-0.39, 0.29) is 0 Å². The Hall–Kier alpha value is -2.40. The summed E-state index contributed by atoms with van der Waals surface area (Å²) in [5.41, 5.74) is 6.74. The van der Waals surface area contributed by atoms with Gasteiger partial charge in [-0.05, 0) is 30.7 Å². The Morgan fingerprint density at radius 2 is 2.10 bits per heavy atom. The van der Waals surface area contributed by atoms with Crippen LogP contribution in [-0.2, 0) is 6.54 Å². The van der Waals surface area contributed by atoms with E-state index in [4.69, 9.17) is 10.5 Å². The van der Waals surface area contributed by atoms with E-state index in [0.717, 1.165) is 25.1 Å². The first-order valence-electron chi connectivity index (χ1n) is 6.93. The number of nitrogens with one attached hydrogen (secondary N) is 1. The van der Waals surface area contributed by atoms with Crippen molar-refractivity contribution in [3.8, 4) is 11.6 Å². The van der Waals surface area contributed by atoms with E-state index in [1.165, 1.54) is 0 Å². The number of benzene rings is 1. The molecule has 1 aromatic carbocycles. The van der Waals surface area contributed by atoms with Gasteiger partial charge in [0.05, 0.1) is 5.56 Å². The van der Waals surface area contributed by atoms with Gasteiger partial charge < -0.3 is 15.8 Å². The molecule has 21 heavy (non-hydrogen) atoms. The Kier molecular flexibility index (Phi) is 5.29. The van der Waals surface area contributed by atoms with Gasteiger partial charge in [-0.1, -0.05) is 25.1 Å². The summed E-state index contributed by atoms with van der Waals surface area (Å²) in [6.07, 6.45) is 2.85. The van der Waals surface area contributed by atoms with E-state index in [1.807, 2.05) is 6.07 Å². The molecule has 1 aromatic heterocycles. The van der Waals surface area contributed by atoms with E-state index < -0.39 is 5.91 Å². The number of carbonyl (C=O) groups is 1. The van der Waals surface area contributed by atoms with Gasteiger partial charge in [0.1, 0.15) is 5.75 Å². The molecule has 0 aliphatic rings. The second kappa shape index (κ2) is 7.40. The molecule has 1 amide bonds. The number of hydrogen-bond donors (Lipinski definition) is 2. The largest absolute Gasteiger partial charge is 0.438 e. The van der Waals surface area contributed by atoms with Crippen molar-refractivity contribution in [2.75, 3.05) is 6.54 Å². The van der Waals surface area contributed by atoms with Crippen molar-refractivity contribution in [2.45, 2.75) is 19.9 Å². The summed E-state index contributed by atoms with van der Waals surface area (Å²) >= 11 is 0. The van der Waals surface area contributed by atoms with Crippen LogP contribution in [0.15, 0.2) is 42.6 Å². The van der Waals surface area contributed by atoms with Crippen LogP contribution >= 0.6 is 0 Å². The fourth-order valence-corrected chi connectivity index (χ4v) is 1.86. The number of para-hydroxylation sites is 1. The van der Waals surface area contributed by atoms with E-state index >= 15 is 0 Å². The molecule has 0 fully saturated rings. The number of amides is 1. The van der Waals surface area contributed by atoms with Crippen molar-refractivity contribution in [3.05, 3.63) is 53.7 Å². The molecular weight excluding hydrogens is 266 g/mol. The Bertz CT molecular complexity index is 597. The third kappa shape index (κ3) is 4.29. The zero-order chi connectivity index (χ0) is 15.1. The number of nitrogens with two attached hydrogens (primary N) is 1. The van der Waals surface area contributed by atoms with Crippen LogP contribution in [-0.4, -0.2) is 17.4 Å². The first kappa shape index (κ1) is 15.0. The normalized spacial score (nSPS) is 10.3. The van der Waals surface area contributed by atoms with Crippen LogP contribution in [0, 0.1) is 0 Å². The van der Waals surface area contributed by atoms with E-state index in [1.54, 1.807) is 36.5 Å². The van der Waals surface area contributed by atoms with Crippen molar-refractivity contribution in [2.24, 2.45) is 5.73 Å². The van der Waals surface area contributed by atoms with Gasteiger partial charge in [-0.15, -0.1) is 0 Å². The van der Waals surface area contributed by atoms with Crippen molar-refractivity contribution >= 4 is 5.91 Å². The van der Waals surface area contributed by atoms with Crippen LogP contribution in [0.25, 0.3) is 0 Å². The molecule has 5 nitrogen and oxygen atoms in total. The molecule has 5 heteroatoms. The first-order chi connectivity index (χ1) is 10.2. The number of ether oxygens (including phenoxy) is 1. The highest BCUT2D eigenvalue weighted by Crippen LogP contribution is 2.23. The van der Waals surface area contributed by atoms with Gasteiger partial charge >= 0.3 is 0 Å². The highest BCUT2D eigenvalue weighted by atomic mass is 16.5. The maximum atomic E-state index is 11.3. The Morgan fingerprint density at radius 1 is 1.29 bits per heavy atom. The first-order valence-corrected chi connectivity index (χ1v) is 6.93. The quantitative estimate of drug-likeness (QED) is 0.766. The molecule has 0 atom stereocenters. The monoisotopic (exact) mass is 285 g/mol. The number of aromatic nitrogens is 1. The number of nitrogens with zero attached hydrogens (tertiary/aromatic N) is 1. The van der Waals surface area contributed by atoms with Gasteiger partial charge in [-0.3, -0.25) is 4.79 Å². The Balaban J connectivity index is 2.05. The summed E-state index contributed by atoms with van der Waals surface area (Å²) < 4.78 is 5.62. The molecule has 0 bridgehead atoms. The van der Waals surface area contributed by atoms with Crippen molar-refractivity contribution in [1.82, 2.24) is 10.3 Å².